The zero-order valence-electron chi connectivity index (χ0n) is 15.5. The summed E-state index contributed by atoms with van der Waals surface area (Å²) in [5.41, 5.74) is 1.07. The van der Waals surface area contributed by atoms with Crippen LogP contribution in [0, 0.1) is 6.92 Å². The molecule has 1 aliphatic heterocycles. The second-order valence-corrected chi connectivity index (χ2v) is 8.85. The molecule has 0 fully saturated rings. The summed E-state index contributed by atoms with van der Waals surface area (Å²) in [6.45, 7) is 1.89. The number of nitrogens with one attached hydrogen (secondary N) is 1. The maximum absolute atomic E-state index is 12.4. The molecule has 0 saturated heterocycles. The summed E-state index contributed by atoms with van der Waals surface area (Å²) in [7, 11) is -3.66. The Kier molecular flexibility index (Phi) is 6.00. The van der Waals surface area contributed by atoms with Crippen molar-refractivity contribution in [3.05, 3.63) is 53.1 Å². The number of ether oxygens (including phenoxy) is 2. The number of carbonyl (C=O) groups is 1. The van der Waals surface area contributed by atoms with Gasteiger partial charge in [0.15, 0.2) is 11.5 Å². The molecule has 0 aliphatic carbocycles. The molecule has 3 rings (SSSR count). The van der Waals surface area contributed by atoms with Gasteiger partial charge in [-0.1, -0.05) is 23.7 Å². The lowest BCUT2D eigenvalue weighted by Gasteiger charge is -2.27. The summed E-state index contributed by atoms with van der Waals surface area (Å²) >= 11 is 5.94. The summed E-state index contributed by atoms with van der Waals surface area (Å²) in [4.78, 5) is 12.4. The van der Waals surface area contributed by atoms with Crippen molar-refractivity contribution >= 4 is 33.2 Å². The van der Waals surface area contributed by atoms with Crippen LogP contribution >= 0.6 is 11.6 Å². The highest BCUT2D eigenvalue weighted by molar-refractivity contribution is 7.92. The molecule has 2 aromatic rings. The summed E-state index contributed by atoms with van der Waals surface area (Å²) < 4.78 is 36.9. The van der Waals surface area contributed by atoms with E-state index in [1.54, 1.807) is 31.2 Å². The largest absolute Gasteiger partial charge is 0.486 e. The second kappa shape index (κ2) is 8.28. The normalized spacial score (nSPS) is 15.8. The predicted octanol–water partition coefficient (Wildman–Crippen LogP) is 2.37. The van der Waals surface area contributed by atoms with Crippen molar-refractivity contribution in [1.82, 2.24) is 5.32 Å². The van der Waals surface area contributed by atoms with Crippen molar-refractivity contribution in [2.45, 2.75) is 13.0 Å². The molecule has 1 aliphatic rings. The van der Waals surface area contributed by atoms with Gasteiger partial charge in [-0.25, -0.2) is 8.42 Å². The molecule has 0 bridgehead atoms. The Morgan fingerprint density at radius 1 is 1.25 bits per heavy atom. The summed E-state index contributed by atoms with van der Waals surface area (Å²) in [6.07, 6.45) is 0.700. The van der Waals surface area contributed by atoms with Crippen LogP contribution in [-0.2, 0) is 14.8 Å². The fraction of sp³-hybridized carbons (Fsp3) is 0.316. The minimum absolute atomic E-state index is 0.199. The third kappa shape index (κ3) is 4.88. The molecule has 28 heavy (non-hydrogen) atoms. The number of hydrogen-bond donors (Lipinski definition) is 1. The fourth-order valence-electron chi connectivity index (χ4n) is 2.86. The molecule has 0 saturated carbocycles. The molecule has 1 amide bonds. The summed E-state index contributed by atoms with van der Waals surface area (Å²) in [6, 6.07) is 12.1. The van der Waals surface area contributed by atoms with E-state index in [1.165, 1.54) is 0 Å². The van der Waals surface area contributed by atoms with Gasteiger partial charge in [0.2, 0.25) is 15.9 Å². The molecule has 0 aromatic heterocycles. The maximum atomic E-state index is 12.4. The first kappa shape index (κ1) is 20.3. The van der Waals surface area contributed by atoms with E-state index in [-0.39, 0.29) is 19.2 Å². The van der Waals surface area contributed by atoms with Gasteiger partial charge in [0, 0.05) is 5.02 Å². The first-order chi connectivity index (χ1) is 13.2. The number of rotatable bonds is 6. The van der Waals surface area contributed by atoms with E-state index >= 15 is 0 Å². The zero-order valence-corrected chi connectivity index (χ0v) is 17.1. The van der Waals surface area contributed by atoms with E-state index in [1.807, 2.05) is 18.2 Å². The number of hydrogen-bond acceptors (Lipinski definition) is 5. The number of sulfonamides is 1. The first-order valence-electron chi connectivity index (χ1n) is 8.63. The van der Waals surface area contributed by atoms with Gasteiger partial charge in [-0.15, -0.1) is 0 Å². The topological polar surface area (TPSA) is 84.9 Å². The molecular weight excluding hydrogens is 404 g/mol. The van der Waals surface area contributed by atoms with Gasteiger partial charge < -0.3 is 14.8 Å². The van der Waals surface area contributed by atoms with Crippen molar-refractivity contribution in [2.75, 3.05) is 30.3 Å². The van der Waals surface area contributed by atoms with Crippen LogP contribution < -0.4 is 19.1 Å². The Labute approximate surface area is 169 Å². The Balaban J connectivity index is 1.63. The highest BCUT2D eigenvalue weighted by Gasteiger charge is 2.24. The van der Waals surface area contributed by atoms with E-state index in [9.17, 15) is 13.2 Å². The second-order valence-electron chi connectivity index (χ2n) is 6.50. The molecule has 2 aromatic carbocycles. The van der Waals surface area contributed by atoms with Crippen LogP contribution in [0.4, 0.5) is 5.69 Å². The average Bonchev–Trinajstić information content (AvgIpc) is 2.64. The van der Waals surface area contributed by atoms with E-state index in [2.05, 4.69) is 5.32 Å². The molecular formula is C19H21ClN2O5S. The average molecular weight is 425 g/mol. The van der Waals surface area contributed by atoms with Crippen LogP contribution in [0.25, 0.3) is 0 Å². The van der Waals surface area contributed by atoms with E-state index in [0.717, 1.165) is 10.6 Å². The molecule has 0 spiro atoms. The van der Waals surface area contributed by atoms with Gasteiger partial charge in [0.05, 0.1) is 18.5 Å². The third-order valence-electron chi connectivity index (χ3n) is 4.21. The SMILES string of the molecule is Cc1cc(Cl)ccc1N(CC(=O)NCC1COc2ccccc2O1)S(C)(=O)=O. The van der Waals surface area contributed by atoms with Gasteiger partial charge in [0.1, 0.15) is 19.3 Å². The van der Waals surface area contributed by atoms with E-state index in [0.29, 0.717) is 34.4 Å². The molecule has 1 heterocycles. The quantitative estimate of drug-likeness (QED) is 0.769. The van der Waals surface area contributed by atoms with Gasteiger partial charge in [-0.3, -0.25) is 9.10 Å². The fourth-order valence-corrected chi connectivity index (χ4v) is 4.00. The van der Waals surface area contributed by atoms with Crippen LogP contribution in [0.1, 0.15) is 5.56 Å². The minimum Gasteiger partial charge on any atom is -0.486 e. The Hall–Kier alpha value is -2.45. The van der Waals surface area contributed by atoms with Crippen LogP contribution in [-0.4, -0.2) is 46.4 Å². The molecule has 9 heteroatoms. The molecule has 1 N–H and O–H groups in total. The van der Waals surface area contributed by atoms with E-state index < -0.39 is 15.9 Å². The van der Waals surface area contributed by atoms with Crippen molar-refractivity contribution in [3.8, 4) is 11.5 Å². The lowest BCUT2D eigenvalue weighted by molar-refractivity contribution is -0.120. The van der Waals surface area contributed by atoms with E-state index in [4.69, 9.17) is 21.1 Å². The van der Waals surface area contributed by atoms with Crippen LogP contribution in [0.3, 0.4) is 0 Å². The lowest BCUT2D eigenvalue weighted by atomic mass is 10.2. The molecule has 1 unspecified atom stereocenters. The van der Waals surface area contributed by atoms with Crippen molar-refractivity contribution in [2.24, 2.45) is 0 Å². The lowest BCUT2D eigenvalue weighted by Crippen LogP contribution is -2.45. The van der Waals surface area contributed by atoms with Crippen LogP contribution in [0.5, 0.6) is 11.5 Å². The number of nitrogens with zero attached hydrogens (tertiary/aromatic N) is 1. The van der Waals surface area contributed by atoms with Gasteiger partial charge in [0.25, 0.3) is 0 Å². The van der Waals surface area contributed by atoms with Gasteiger partial charge in [-0.05, 0) is 42.8 Å². The molecule has 150 valence electrons. The number of amides is 1. The Morgan fingerprint density at radius 2 is 1.96 bits per heavy atom. The minimum atomic E-state index is -3.66. The first-order valence-corrected chi connectivity index (χ1v) is 10.9. The van der Waals surface area contributed by atoms with Crippen molar-refractivity contribution in [3.63, 3.8) is 0 Å². The van der Waals surface area contributed by atoms with Gasteiger partial charge >= 0.3 is 0 Å². The monoisotopic (exact) mass is 424 g/mol. The number of benzene rings is 2. The third-order valence-corrected chi connectivity index (χ3v) is 5.57. The highest BCUT2D eigenvalue weighted by atomic mass is 35.5. The summed E-state index contributed by atoms with van der Waals surface area (Å²) in [5.74, 6) is 0.830. The van der Waals surface area contributed by atoms with Crippen molar-refractivity contribution < 1.29 is 22.7 Å². The zero-order chi connectivity index (χ0) is 20.3. The number of aryl methyl sites for hydroxylation is 1. The number of fused-ring (bicyclic) bond motifs is 1. The van der Waals surface area contributed by atoms with Crippen LogP contribution in [0.2, 0.25) is 5.02 Å². The number of anilines is 1. The number of carbonyl (C=O) groups excluding carboxylic acids is 1. The molecule has 0 radical (unpaired) electrons. The maximum Gasteiger partial charge on any atom is 0.240 e. The van der Waals surface area contributed by atoms with Crippen molar-refractivity contribution in [1.29, 1.82) is 0 Å². The summed E-state index contributed by atoms with van der Waals surface area (Å²) in [5, 5.41) is 3.20. The Morgan fingerprint density at radius 3 is 2.64 bits per heavy atom. The molecule has 1 atom stereocenters. The van der Waals surface area contributed by atoms with Crippen LogP contribution in [0.15, 0.2) is 42.5 Å². The highest BCUT2D eigenvalue weighted by Crippen LogP contribution is 2.30. The number of para-hydroxylation sites is 2. The predicted molar refractivity (Wildman–Crippen MR) is 108 cm³/mol. The standard InChI is InChI=1S/C19H21ClN2O5S/c1-13-9-14(20)7-8-16(13)22(28(2,24)25)11-19(23)21-10-15-12-26-17-5-3-4-6-18(17)27-15/h3-9,15H,10-12H2,1-2H3,(H,21,23). The number of halogens is 1. The smallest absolute Gasteiger partial charge is 0.240 e. The van der Waals surface area contributed by atoms with Gasteiger partial charge in [-0.2, -0.15) is 0 Å². The molecule has 7 nitrogen and oxygen atoms in total. The Bertz CT molecular complexity index is 980.